The van der Waals surface area contributed by atoms with Crippen molar-refractivity contribution in [1.29, 1.82) is 0 Å². The van der Waals surface area contributed by atoms with E-state index in [1.165, 1.54) is 10.4 Å². The van der Waals surface area contributed by atoms with Gasteiger partial charge in [0.25, 0.3) is 5.91 Å². The molecule has 31 heavy (non-hydrogen) atoms. The highest BCUT2D eigenvalue weighted by Crippen LogP contribution is 2.24. The number of nitrogens with one attached hydrogen (secondary N) is 1. The maximum atomic E-state index is 14.4. The summed E-state index contributed by atoms with van der Waals surface area (Å²) < 4.78 is 41.4. The molecule has 2 aromatic rings. The summed E-state index contributed by atoms with van der Waals surface area (Å²) >= 11 is 0. The smallest absolute Gasteiger partial charge is 0.251 e. The number of nitrogens with zero attached hydrogens (tertiary/aromatic N) is 3. The summed E-state index contributed by atoms with van der Waals surface area (Å²) in [7, 11) is -3.97. The van der Waals surface area contributed by atoms with E-state index in [1.54, 1.807) is 6.20 Å². The molecule has 0 radical (unpaired) electrons. The van der Waals surface area contributed by atoms with Gasteiger partial charge in [-0.05, 0) is 61.6 Å². The minimum atomic E-state index is -3.97. The SMILES string of the molecule is O=C(NCc1ccnc(N2CCCC2)c1)c1ccc(F)c(S(=O)(=O)N2CCCCC2)c1. The maximum absolute atomic E-state index is 14.4. The molecule has 0 bridgehead atoms. The van der Waals surface area contributed by atoms with Crippen LogP contribution in [0.4, 0.5) is 10.2 Å². The Morgan fingerprint density at radius 3 is 2.45 bits per heavy atom. The maximum Gasteiger partial charge on any atom is 0.251 e. The lowest BCUT2D eigenvalue weighted by Gasteiger charge is -2.26. The highest BCUT2D eigenvalue weighted by atomic mass is 32.2. The largest absolute Gasteiger partial charge is 0.357 e. The average Bonchev–Trinajstić information content (AvgIpc) is 3.33. The standard InChI is InChI=1S/C22H27FN4O3S/c23-19-7-6-18(15-20(19)31(29,30)27-12-2-1-3-13-27)22(28)25-16-17-8-9-24-21(14-17)26-10-4-5-11-26/h6-9,14-15H,1-5,10-13,16H2,(H,25,28). The van der Waals surface area contributed by atoms with Crippen molar-refractivity contribution in [2.45, 2.75) is 43.5 Å². The van der Waals surface area contributed by atoms with E-state index in [9.17, 15) is 17.6 Å². The van der Waals surface area contributed by atoms with Gasteiger partial charge in [-0.2, -0.15) is 4.31 Å². The number of aromatic nitrogens is 1. The summed E-state index contributed by atoms with van der Waals surface area (Å²) in [4.78, 5) is 18.8. The summed E-state index contributed by atoms with van der Waals surface area (Å²) in [6, 6.07) is 7.27. The molecule has 3 heterocycles. The number of halogens is 1. The zero-order chi connectivity index (χ0) is 21.8. The number of carbonyl (C=O) groups is 1. The van der Waals surface area contributed by atoms with E-state index in [0.717, 1.165) is 68.7 Å². The van der Waals surface area contributed by atoms with Gasteiger partial charge in [0.05, 0.1) is 0 Å². The molecule has 2 saturated heterocycles. The minimum Gasteiger partial charge on any atom is -0.357 e. The molecule has 2 fully saturated rings. The van der Waals surface area contributed by atoms with Crippen LogP contribution in [0.25, 0.3) is 0 Å². The molecule has 166 valence electrons. The molecule has 2 aliphatic rings. The molecule has 0 aliphatic carbocycles. The molecule has 4 rings (SSSR count). The Kier molecular flexibility index (Phi) is 6.52. The van der Waals surface area contributed by atoms with Crippen molar-refractivity contribution >= 4 is 21.7 Å². The predicted molar refractivity (Wildman–Crippen MR) is 116 cm³/mol. The summed E-state index contributed by atoms with van der Waals surface area (Å²) in [5, 5.41) is 2.79. The molecule has 2 aliphatic heterocycles. The van der Waals surface area contributed by atoms with E-state index in [4.69, 9.17) is 0 Å². The third kappa shape index (κ3) is 4.88. The topological polar surface area (TPSA) is 82.6 Å². The lowest BCUT2D eigenvalue weighted by atomic mass is 10.2. The normalized spacial score (nSPS) is 17.6. The van der Waals surface area contributed by atoms with E-state index in [2.05, 4.69) is 15.2 Å². The molecular weight excluding hydrogens is 419 g/mol. The Morgan fingerprint density at radius 1 is 1.00 bits per heavy atom. The number of hydrogen-bond donors (Lipinski definition) is 1. The van der Waals surface area contributed by atoms with Crippen molar-refractivity contribution < 1.29 is 17.6 Å². The lowest BCUT2D eigenvalue weighted by Crippen LogP contribution is -2.36. The molecule has 1 aromatic heterocycles. The van der Waals surface area contributed by atoms with Gasteiger partial charge in [0.1, 0.15) is 16.5 Å². The number of hydrogen-bond acceptors (Lipinski definition) is 5. The van der Waals surface area contributed by atoms with Crippen molar-refractivity contribution in [2.75, 3.05) is 31.1 Å². The molecule has 0 atom stereocenters. The van der Waals surface area contributed by atoms with E-state index in [1.807, 2.05) is 12.1 Å². The van der Waals surface area contributed by atoms with Gasteiger partial charge in [-0.1, -0.05) is 6.42 Å². The van der Waals surface area contributed by atoms with E-state index in [0.29, 0.717) is 13.1 Å². The fraction of sp³-hybridized carbons (Fsp3) is 0.455. The molecule has 1 amide bonds. The van der Waals surface area contributed by atoms with Crippen LogP contribution in [0.5, 0.6) is 0 Å². The number of piperidine rings is 1. The van der Waals surface area contributed by atoms with E-state index >= 15 is 0 Å². The van der Waals surface area contributed by atoms with Crippen molar-refractivity contribution in [3.63, 3.8) is 0 Å². The quantitative estimate of drug-likeness (QED) is 0.738. The average molecular weight is 447 g/mol. The van der Waals surface area contributed by atoms with Gasteiger partial charge in [0.15, 0.2) is 0 Å². The Morgan fingerprint density at radius 2 is 1.71 bits per heavy atom. The molecule has 7 nitrogen and oxygen atoms in total. The monoisotopic (exact) mass is 446 g/mol. The number of carbonyl (C=O) groups excluding carboxylic acids is 1. The molecule has 0 unspecified atom stereocenters. The van der Waals surface area contributed by atoms with Crippen LogP contribution in [-0.4, -0.2) is 49.8 Å². The first-order chi connectivity index (χ1) is 14.9. The fourth-order valence-corrected chi connectivity index (χ4v) is 5.67. The Balaban J connectivity index is 1.47. The first-order valence-corrected chi connectivity index (χ1v) is 12.2. The Hall–Kier alpha value is -2.52. The highest BCUT2D eigenvalue weighted by Gasteiger charge is 2.29. The van der Waals surface area contributed by atoms with E-state index < -0.39 is 26.6 Å². The van der Waals surface area contributed by atoms with Gasteiger partial charge in [0.2, 0.25) is 10.0 Å². The van der Waals surface area contributed by atoms with E-state index in [-0.39, 0.29) is 12.1 Å². The molecular formula is C22H27FN4O3S. The number of amides is 1. The van der Waals surface area contributed by atoms with Crippen molar-refractivity contribution in [2.24, 2.45) is 0 Å². The van der Waals surface area contributed by atoms with Gasteiger partial charge in [0, 0.05) is 44.5 Å². The van der Waals surface area contributed by atoms with Crippen LogP contribution in [0.15, 0.2) is 41.4 Å². The van der Waals surface area contributed by atoms with Crippen LogP contribution >= 0.6 is 0 Å². The molecule has 1 aromatic carbocycles. The second-order valence-corrected chi connectivity index (χ2v) is 9.92. The molecule has 9 heteroatoms. The zero-order valence-corrected chi connectivity index (χ0v) is 18.2. The van der Waals surface area contributed by atoms with Crippen molar-refractivity contribution in [3.8, 4) is 0 Å². The number of sulfonamides is 1. The van der Waals surface area contributed by atoms with Crippen LogP contribution in [0, 0.1) is 5.82 Å². The Bertz CT molecular complexity index is 1050. The zero-order valence-electron chi connectivity index (χ0n) is 17.4. The molecule has 0 saturated carbocycles. The number of benzene rings is 1. The summed E-state index contributed by atoms with van der Waals surface area (Å²) in [5.41, 5.74) is 1.01. The molecule has 0 spiro atoms. The van der Waals surface area contributed by atoms with Gasteiger partial charge in [-0.3, -0.25) is 4.79 Å². The molecule has 1 N–H and O–H groups in total. The van der Waals surface area contributed by atoms with Crippen LogP contribution in [0.3, 0.4) is 0 Å². The van der Waals surface area contributed by atoms with Gasteiger partial charge in [-0.25, -0.2) is 17.8 Å². The van der Waals surface area contributed by atoms with Crippen LogP contribution in [0.2, 0.25) is 0 Å². The second-order valence-electron chi connectivity index (χ2n) is 8.01. The van der Waals surface area contributed by atoms with Gasteiger partial charge in [-0.15, -0.1) is 0 Å². The Labute approximate surface area is 182 Å². The lowest BCUT2D eigenvalue weighted by molar-refractivity contribution is 0.0950. The third-order valence-corrected chi connectivity index (χ3v) is 7.73. The van der Waals surface area contributed by atoms with Crippen molar-refractivity contribution in [3.05, 3.63) is 53.5 Å². The van der Waals surface area contributed by atoms with Crippen molar-refractivity contribution in [1.82, 2.24) is 14.6 Å². The summed E-state index contributed by atoms with van der Waals surface area (Å²) in [6.45, 7) is 2.98. The fourth-order valence-electron chi connectivity index (χ4n) is 4.06. The number of rotatable bonds is 6. The first kappa shape index (κ1) is 21.7. The number of anilines is 1. The van der Waals surface area contributed by atoms with Gasteiger partial charge < -0.3 is 10.2 Å². The van der Waals surface area contributed by atoms with Gasteiger partial charge >= 0.3 is 0 Å². The second kappa shape index (κ2) is 9.32. The van der Waals surface area contributed by atoms with Crippen LogP contribution in [0.1, 0.15) is 48.0 Å². The third-order valence-electron chi connectivity index (χ3n) is 5.82. The first-order valence-electron chi connectivity index (χ1n) is 10.7. The van der Waals surface area contributed by atoms with Crippen LogP contribution < -0.4 is 10.2 Å². The number of pyridine rings is 1. The highest BCUT2D eigenvalue weighted by molar-refractivity contribution is 7.89. The van der Waals surface area contributed by atoms with Crippen LogP contribution in [-0.2, 0) is 16.6 Å². The summed E-state index contributed by atoms with van der Waals surface area (Å²) in [5.74, 6) is -0.401. The summed E-state index contributed by atoms with van der Waals surface area (Å²) in [6.07, 6.45) is 6.49. The minimum absolute atomic E-state index is 0.116. The predicted octanol–water partition coefficient (Wildman–Crippen LogP) is 2.93.